The second-order valence-electron chi connectivity index (χ2n) is 4.93. The number of nitrogens with one attached hydrogen (secondary N) is 1. The quantitative estimate of drug-likeness (QED) is 0.906. The molecule has 3 rings (SSSR count). The highest BCUT2D eigenvalue weighted by Gasteiger charge is 2.22. The van der Waals surface area contributed by atoms with Crippen LogP contribution in [0.5, 0.6) is 11.5 Å². The van der Waals surface area contributed by atoms with E-state index in [1.165, 1.54) is 0 Å². The van der Waals surface area contributed by atoms with Crippen LogP contribution in [-0.4, -0.2) is 24.8 Å². The lowest BCUT2D eigenvalue weighted by atomic mass is 10.1. The molecule has 0 fully saturated rings. The SMILES string of the molecule is CNC1COc2cc(OCCn3ccccc3=O)ccc21. The van der Waals surface area contributed by atoms with E-state index >= 15 is 0 Å². The normalized spacial score (nSPS) is 16.3. The van der Waals surface area contributed by atoms with Crippen LogP contribution in [0.2, 0.25) is 0 Å². The summed E-state index contributed by atoms with van der Waals surface area (Å²) in [6, 6.07) is 11.2. The molecular weight excluding hydrogens is 268 g/mol. The van der Waals surface area contributed by atoms with Gasteiger partial charge in [-0.15, -0.1) is 0 Å². The molecule has 0 amide bonds. The summed E-state index contributed by atoms with van der Waals surface area (Å²) in [5.41, 5.74) is 1.14. The van der Waals surface area contributed by atoms with Crippen LogP contribution >= 0.6 is 0 Å². The Morgan fingerprint density at radius 1 is 1.38 bits per heavy atom. The smallest absolute Gasteiger partial charge is 0.250 e. The highest BCUT2D eigenvalue weighted by atomic mass is 16.5. The van der Waals surface area contributed by atoms with Gasteiger partial charge in [0.1, 0.15) is 24.7 Å². The molecule has 5 nitrogen and oxygen atoms in total. The van der Waals surface area contributed by atoms with Crippen LogP contribution in [0.15, 0.2) is 47.4 Å². The number of aromatic nitrogens is 1. The molecule has 1 aliphatic rings. The van der Waals surface area contributed by atoms with Gasteiger partial charge < -0.3 is 19.4 Å². The fraction of sp³-hybridized carbons (Fsp3) is 0.312. The molecule has 1 aromatic carbocycles. The first kappa shape index (κ1) is 13.7. The Labute approximate surface area is 123 Å². The largest absolute Gasteiger partial charge is 0.492 e. The highest BCUT2D eigenvalue weighted by molar-refractivity contribution is 5.44. The van der Waals surface area contributed by atoms with E-state index in [1.807, 2.05) is 31.3 Å². The van der Waals surface area contributed by atoms with Crippen LogP contribution < -0.4 is 20.3 Å². The lowest BCUT2D eigenvalue weighted by Crippen LogP contribution is -2.21. The molecule has 0 saturated heterocycles. The van der Waals surface area contributed by atoms with Gasteiger partial charge in [-0.1, -0.05) is 6.07 Å². The van der Waals surface area contributed by atoms with Gasteiger partial charge in [0, 0.05) is 23.9 Å². The van der Waals surface area contributed by atoms with Crippen molar-refractivity contribution in [2.24, 2.45) is 0 Å². The van der Waals surface area contributed by atoms with E-state index in [0.717, 1.165) is 17.1 Å². The third-order valence-electron chi connectivity index (χ3n) is 3.61. The van der Waals surface area contributed by atoms with Crippen LogP contribution in [0.4, 0.5) is 0 Å². The molecule has 1 atom stereocenters. The van der Waals surface area contributed by atoms with E-state index in [4.69, 9.17) is 9.47 Å². The molecule has 2 heterocycles. The zero-order valence-electron chi connectivity index (χ0n) is 11.9. The summed E-state index contributed by atoms with van der Waals surface area (Å²) in [5.74, 6) is 1.62. The Kier molecular flexibility index (Phi) is 3.92. The van der Waals surface area contributed by atoms with E-state index in [0.29, 0.717) is 19.8 Å². The lowest BCUT2D eigenvalue weighted by Gasteiger charge is -2.10. The number of nitrogens with zero attached hydrogens (tertiary/aromatic N) is 1. The molecule has 1 aromatic heterocycles. The van der Waals surface area contributed by atoms with Crippen molar-refractivity contribution < 1.29 is 9.47 Å². The average molecular weight is 286 g/mol. The van der Waals surface area contributed by atoms with Gasteiger partial charge in [-0.3, -0.25) is 4.79 Å². The second-order valence-corrected chi connectivity index (χ2v) is 4.93. The Morgan fingerprint density at radius 3 is 3.10 bits per heavy atom. The van der Waals surface area contributed by atoms with Crippen molar-refractivity contribution in [3.63, 3.8) is 0 Å². The van der Waals surface area contributed by atoms with Crippen LogP contribution in [-0.2, 0) is 6.54 Å². The summed E-state index contributed by atoms with van der Waals surface area (Å²) in [7, 11) is 1.92. The van der Waals surface area contributed by atoms with Crippen molar-refractivity contribution in [3.05, 3.63) is 58.5 Å². The Bertz CT molecular complexity index is 681. The van der Waals surface area contributed by atoms with Gasteiger partial charge in [-0.2, -0.15) is 0 Å². The fourth-order valence-electron chi connectivity index (χ4n) is 2.43. The molecule has 1 N–H and O–H groups in total. The standard InChI is InChI=1S/C16H18N2O3/c1-17-14-11-21-15-10-12(5-6-13(14)15)20-9-8-18-7-3-2-4-16(18)19/h2-7,10,14,17H,8-9,11H2,1H3. The van der Waals surface area contributed by atoms with Gasteiger partial charge in [0.05, 0.1) is 12.6 Å². The maximum Gasteiger partial charge on any atom is 0.250 e. The van der Waals surface area contributed by atoms with Crippen molar-refractivity contribution in [1.29, 1.82) is 0 Å². The van der Waals surface area contributed by atoms with Gasteiger partial charge >= 0.3 is 0 Å². The third-order valence-corrected chi connectivity index (χ3v) is 3.61. The monoisotopic (exact) mass is 286 g/mol. The molecule has 5 heteroatoms. The number of rotatable bonds is 5. The summed E-state index contributed by atoms with van der Waals surface area (Å²) in [6.45, 7) is 1.61. The molecule has 0 radical (unpaired) electrons. The molecule has 0 bridgehead atoms. The molecule has 0 aliphatic carbocycles. The molecular formula is C16H18N2O3. The predicted molar refractivity (Wildman–Crippen MR) is 79.9 cm³/mol. The third kappa shape index (κ3) is 2.92. The summed E-state index contributed by atoms with van der Waals surface area (Å²) < 4.78 is 13.0. The molecule has 1 unspecified atom stereocenters. The summed E-state index contributed by atoms with van der Waals surface area (Å²) in [5, 5.41) is 3.21. The van der Waals surface area contributed by atoms with Crippen molar-refractivity contribution >= 4 is 0 Å². The Morgan fingerprint density at radius 2 is 2.29 bits per heavy atom. The second kappa shape index (κ2) is 6.01. The number of likely N-dealkylation sites (N-methyl/N-ethyl adjacent to an activating group) is 1. The van der Waals surface area contributed by atoms with Crippen molar-refractivity contribution in [2.75, 3.05) is 20.3 Å². The maximum absolute atomic E-state index is 11.6. The van der Waals surface area contributed by atoms with Crippen LogP contribution in [0.1, 0.15) is 11.6 Å². The minimum absolute atomic E-state index is 0.0183. The minimum Gasteiger partial charge on any atom is -0.492 e. The highest BCUT2D eigenvalue weighted by Crippen LogP contribution is 2.34. The van der Waals surface area contributed by atoms with Crippen LogP contribution in [0, 0.1) is 0 Å². The number of ether oxygens (including phenoxy) is 2. The predicted octanol–water partition coefficient (Wildman–Crippen LogP) is 1.58. The minimum atomic E-state index is -0.0183. The Balaban J connectivity index is 1.62. The van der Waals surface area contributed by atoms with E-state index in [1.54, 1.807) is 22.9 Å². The van der Waals surface area contributed by atoms with Crippen LogP contribution in [0.3, 0.4) is 0 Å². The van der Waals surface area contributed by atoms with E-state index < -0.39 is 0 Å². The van der Waals surface area contributed by atoms with Crippen molar-refractivity contribution in [3.8, 4) is 11.5 Å². The number of hydrogen-bond acceptors (Lipinski definition) is 4. The number of benzene rings is 1. The molecule has 0 saturated carbocycles. The van der Waals surface area contributed by atoms with E-state index in [2.05, 4.69) is 5.32 Å². The van der Waals surface area contributed by atoms with Gasteiger partial charge in [-0.25, -0.2) is 0 Å². The van der Waals surface area contributed by atoms with Gasteiger partial charge in [-0.05, 0) is 25.2 Å². The zero-order chi connectivity index (χ0) is 14.7. The van der Waals surface area contributed by atoms with Crippen LogP contribution in [0.25, 0.3) is 0 Å². The maximum atomic E-state index is 11.6. The first-order valence-corrected chi connectivity index (χ1v) is 7.00. The lowest BCUT2D eigenvalue weighted by molar-refractivity contribution is 0.291. The van der Waals surface area contributed by atoms with E-state index in [9.17, 15) is 4.79 Å². The van der Waals surface area contributed by atoms with E-state index in [-0.39, 0.29) is 11.6 Å². The van der Waals surface area contributed by atoms with Crippen molar-refractivity contribution in [2.45, 2.75) is 12.6 Å². The number of pyridine rings is 1. The van der Waals surface area contributed by atoms with Gasteiger partial charge in [0.25, 0.3) is 5.56 Å². The van der Waals surface area contributed by atoms with Crippen molar-refractivity contribution in [1.82, 2.24) is 9.88 Å². The number of hydrogen-bond donors (Lipinski definition) is 1. The molecule has 110 valence electrons. The number of fused-ring (bicyclic) bond motifs is 1. The summed E-state index contributed by atoms with van der Waals surface area (Å²) in [6.07, 6.45) is 1.76. The average Bonchev–Trinajstić information content (AvgIpc) is 2.91. The Hall–Kier alpha value is -2.27. The summed E-state index contributed by atoms with van der Waals surface area (Å²) >= 11 is 0. The molecule has 21 heavy (non-hydrogen) atoms. The zero-order valence-corrected chi connectivity index (χ0v) is 11.9. The molecule has 2 aromatic rings. The first-order valence-electron chi connectivity index (χ1n) is 7.00. The fourth-order valence-corrected chi connectivity index (χ4v) is 2.43. The van der Waals surface area contributed by atoms with Gasteiger partial charge in [0.2, 0.25) is 0 Å². The van der Waals surface area contributed by atoms with Gasteiger partial charge in [0.15, 0.2) is 0 Å². The molecule has 0 spiro atoms. The first-order chi connectivity index (χ1) is 10.3. The summed E-state index contributed by atoms with van der Waals surface area (Å²) in [4.78, 5) is 11.6. The molecule has 1 aliphatic heterocycles. The topological polar surface area (TPSA) is 52.5 Å².